The van der Waals surface area contributed by atoms with Crippen molar-refractivity contribution in [1.82, 2.24) is 30.0 Å². The van der Waals surface area contributed by atoms with Crippen LogP contribution in [0.1, 0.15) is 49.9 Å². The molecule has 0 N–H and O–H groups in total. The molecule has 0 spiro atoms. The Labute approximate surface area is 151 Å². The lowest BCUT2D eigenvalue weighted by molar-refractivity contribution is -0.166. The van der Waals surface area contributed by atoms with Crippen molar-refractivity contribution in [2.45, 2.75) is 57.5 Å². The largest absolute Gasteiger partial charge is 0.339 e. The molecule has 2 heterocycles. The third-order valence-electron chi connectivity index (χ3n) is 6.87. The lowest BCUT2D eigenvalue weighted by Crippen LogP contribution is -2.61. The molecule has 2 aromatic heterocycles. The zero-order valence-corrected chi connectivity index (χ0v) is 15.3. The minimum absolute atomic E-state index is 0.0392. The lowest BCUT2D eigenvalue weighted by Gasteiger charge is -2.61. The smallest absolute Gasteiger partial charge is 0.228 e. The predicted octanol–water partition coefficient (Wildman–Crippen LogP) is 1.92. The Kier molecular flexibility index (Phi) is 3.30. The van der Waals surface area contributed by atoms with E-state index < -0.39 is 0 Å². The molecule has 1 amide bonds. The van der Waals surface area contributed by atoms with E-state index in [1.54, 1.807) is 6.33 Å². The summed E-state index contributed by atoms with van der Waals surface area (Å²) in [4.78, 5) is 19.5. The van der Waals surface area contributed by atoms with Crippen LogP contribution in [0, 0.1) is 24.2 Å². The first-order valence-electron chi connectivity index (χ1n) is 9.38. The highest BCUT2D eigenvalue weighted by molar-refractivity contribution is 5.83. The van der Waals surface area contributed by atoms with Crippen molar-refractivity contribution in [2.24, 2.45) is 17.3 Å². The van der Waals surface area contributed by atoms with Gasteiger partial charge in [0, 0.05) is 7.05 Å². The van der Waals surface area contributed by atoms with Gasteiger partial charge in [-0.1, -0.05) is 10.3 Å². The number of nitrogens with zero attached hydrogens (tertiary/aromatic N) is 6. The zero-order chi connectivity index (χ0) is 17.9. The lowest BCUT2D eigenvalue weighted by atomic mass is 9.46. The van der Waals surface area contributed by atoms with Gasteiger partial charge >= 0.3 is 0 Å². The third-order valence-corrected chi connectivity index (χ3v) is 6.87. The van der Waals surface area contributed by atoms with E-state index in [4.69, 9.17) is 4.63 Å². The fourth-order valence-electron chi connectivity index (χ4n) is 6.28. The zero-order valence-electron chi connectivity index (χ0n) is 15.3. The van der Waals surface area contributed by atoms with Gasteiger partial charge in [-0.2, -0.15) is 5.10 Å². The van der Waals surface area contributed by atoms with Crippen LogP contribution in [0.4, 0.5) is 0 Å². The van der Waals surface area contributed by atoms with Gasteiger partial charge in [0.2, 0.25) is 5.91 Å². The van der Waals surface area contributed by atoms with E-state index in [0.29, 0.717) is 18.4 Å². The van der Waals surface area contributed by atoms with Gasteiger partial charge in [0.1, 0.15) is 24.0 Å². The molecule has 6 rings (SSSR count). The van der Waals surface area contributed by atoms with E-state index in [0.717, 1.165) is 43.5 Å². The molecule has 2 atom stereocenters. The van der Waals surface area contributed by atoms with E-state index in [9.17, 15) is 4.79 Å². The van der Waals surface area contributed by atoms with Gasteiger partial charge in [-0.3, -0.25) is 4.79 Å². The van der Waals surface area contributed by atoms with Gasteiger partial charge in [0.15, 0.2) is 0 Å². The van der Waals surface area contributed by atoms with Crippen molar-refractivity contribution in [3.05, 3.63) is 24.0 Å². The van der Waals surface area contributed by atoms with Crippen molar-refractivity contribution >= 4 is 5.91 Å². The molecule has 8 heteroatoms. The van der Waals surface area contributed by atoms with Crippen LogP contribution >= 0.6 is 0 Å². The summed E-state index contributed by atoms with van der Waals surface area (Å²) in [6.45, 7) is 2.30. The Hall–Kier alpha value is -2.25. The Morgan fingerprint density at radius 2 is 2.08 bits per heavy atom. The fourth-order valence-corrected chi connectivity index (χ4v) is 6.28. The summed E-state index contributed by atoms with van der Waals surface area (Å²) in [5.41, 5.74) is 1.16. The summed E-state index contributed by atoms with van der Waals surface area (Å²) in [5, 5.41) is 12.2. The fraction of sp³-hybridized carbons (Fsp3) is 0.722. The van der Waals surface area contributed by atoms with Gasteiger partial charge in [0.25, 0.3) is 0 Å². The van der Waals surface area contributed by atoms with Crippen molar-refractivity contribution in [1.29, 1.82) is 0 Å². The van der Waals surface area contributed by atoms with Gasteiger partial charge in [-0.15, -0.1) is 0 Å². The van der Waals surface area contributed by atoms with E-state index in [-0.39, 0.29) is 16.9 Å². The second-order valence-electron chi connectivity index (χ2n) is 8.76. The van der Waals surface area contributed by atoms with Crippen LogP contribution in [-0.2, 0) is 16.9 Å². The number of carbonyl (C=O) groups is 1. The maximum atomic E-state index is 13.5. The van der Waals surface area contributed by atoms with Crippen LogP contribution < -0.4 is 0 Å². The molecule has 0 aromatic carbocycles. The number of aromatic nitrogens is 5. The predicted molar refractivity (Wildman–Crippen MR) is 90.6 cm³/mol. The molecular weight excluding hydrogens is 332 g/mol. The first-order valence-corrected chi connectivity index (χ1v) is 9.38. The number of aryl methyl sites for hydroxylation is 1. The Morgan fingerprint density at radius 1 is 1.31 bits per heavy atom. The summed E-state index contributed by atoms with van der Waals surface area (Å²) < 4.78 is 6.82. The average molecular weight is 356 g/mol. The van der Waals surface area contributed by atoms with E-state index in [2.05, 4.69) is 20.4 Å². The molecule has 4 bridgehead atoms. The van der Waals surface area contributed by atoms with Gasteiger partial charge < -0.3 is 4.90 Å². The number of hydrogen-bond acceptors (Lipinski definition) is 6. The SMILES string of the molecule is Cc1nonc1CN(C)C(=O)C12CC3CC(C1)CC(n1cncn1)(C3)C2. The highest BCUT2D eigenvalue weighted by atomic mass is 16.6. The number of amides is 1. The Morgan fingerprint density at radius 3 is 2.69 bits per heavy atom. The molecule has 138 valence electrons. The molecule has 0 saturated heterocycles. The van der Waals surface area contributed by atoms with Crippen molar-refractivity contribution < 1.29 is 9.42 Å². The summed E-state index contributed by atoms with van der Waals surface area (Å²) >= 11 is 0. The van der Waals surface area contributed by atoms with E-state index >= 15 is 0 Å². The second-order valence-corrected chi connectivity index (χ2v) is 8.76. The van der Waals surface area contributed by atoms with E-state index in [1.165, 1.54) is 6.42 Å². The molecule has 2 aromatic rings. The summed E-state index contributed by atoms with van der Waals surface area (Å²) in [6.07, 6.45) is 9.81. The van der Waals surface area contributed by atoms with Crippen molar-refractivity contribution in [2.75, 3.05) is 7.05 Å². The monoisotopic (exact) mass is 356 g/mol. The van der Waals surface area contributed by atoms with Crippen LogP contribution in [0.3, 0.4) is 0 Å². The second kappa shape index (κ2) is 5.37. The summed E-state index contributed by atoms with van der Waals surface area (Å²) in [7, 11) is 1.87. The van der Waals surface area contributed by atoms with Crippen LogP contribution in [0.25, 0.3) is 0 Å². The van der Waals surface area contributed by atoms with Crippen LogP contribution in [0.2, 0.25) is 0 Å². The molecule has 4 aliphatic carbocycles. The number of rotatable bonds is 4. The van der Waals surface area contributed by atoms with E-state index in [1.807, 2.05) is 29.9 Å². The maximum absolute atomic E-state index is 13.5. The molecular formula is C18H24N6O2. The van der Waals surface area contributed by atoms with Gasteiger partial charge in [0.05, 0.1) is 17.5 Å². The van der Waals surface area contributed by atoms with Gasteiger partial charge in [-0.25, -0.2) is 14.3 Å². The summed E-state index contributed by atoms with van der Waals surface area (Å²) in [5.74, 6) is 1.44. The quantitative estimate of drug-likeness (QED) is 0.831. The molecule has 4 saturated carbocycles. The molecule has 26 heavy (non-hydrogen) atoms. The molecule has 4 aliphatic rings. The topological polar surface area (TPSA) is 89.9 Å². The molecule has 0 aliphatic heterocycles. The normalized spacial score (nSPS) is 35.0. The summed E-state index contributed by atoms with van der Waals surface area (Å²) in [6, 6.07) is 0. The van der Waals surface area contributed by atoms with Gasteiger partial charge in [-0.05, 0) is 57.3 Å². The molecule has 2 unspecified atom stereocenters. The Balaban J connectivity index is 1.44. The minimum atomic E-state index is -0.282. The minimum Gasteiger partial charge on any atom is -0.339 e. The first-order chi connectivity index (χ1) is 12.5. The van der Waals surface area contributed by atoms with Crippen molar-refractivity contribution in [3.8, 4) is 0 Å². The molecule has 8 nitrogen and oxygen atoms in total. The molecule has 0 radical (unpaired) electrons. The highest BCUT2D eigenvalue weighted by Crippen LogP contribution is 2.64. The standard InChI is InChI=1S/C18H24N6O2/c1-12-15(22-26-21-12)8-23(2)16(25)17-4-13-3-14(5-17)7-18(6-13,9-17)24-11-19-10-20-24/h10-11,13-14H,3-9H2,1-2H3. The Bertz CT molecular complexity index is 815. The van der Waals surface area contributed by atoms with Crippen LogP contribution in [-0.4, -0.2) is 42.9 Å². The number of carbonyl (C=O) groups excluding carboxylic acids is 1. The highest BCUT2D eigenvalue weighted by Gasteiger charge is 2.62. The van der Waals surface area contributed by atoms with Crippen LogP contribution in [0.15, 0.2) is 17.3 Å². The molecule has 4 fully saturated rings. The maximum Gasteiger partial charge on any atom is 0.228 e. The average Bonchev–Trinajstić information content (AvgIpc) is 3.26. The van der Waals surface area contributed by atoms with Crippen LogP contribution in [0.5, 0.6) is 0 Å². The van der Waals surface area contributed by atoms with Crippen molar-refractivity contribution in [3.63, 3.8) is 0 Å². The first kappa shape index (κ1) is 16.0. The number of hydrogen-bond donors (Lipinski definition) is 0. The third kappa shape index (κ3) is 2.23.